The summed E-state index contributed by atoms with van der Waals surface area (Å²) < 4.78 is 5.53. The SMILES string of the molecule is CCOc1ccc(C2C(C(=O)c3sc(C)nc3C)=C(O)C(=O)N2Cc2ccccc2)cc1. The number of hydrogen-bond donors (Lipinski definition) is 1. The summed E-state index contributed by atoms with van der Waals surface area (Å²) in [5.74, 6) is -0.733. The Kier molecular flexibility index (Phi) is 6.10. The number of Topliss-reactive ketones (excluding diaryl/α,β-unsaturated/α-hetero) is 1. The molecule has 0 aliphatic carbocycles. The van der Waals surface area contributed by atoms with E-state index in [1.807, 2.05) is 68.4 Å². The minimum atomic E-state index is -0.715. The number of benzene rings is 2. The van der Waals surface area contributed by atoms with Crippen LogP contribution in [0.3, 0.4) is 0 Å². The van der Waals surface area contributed by atoms with Crippen LogP contribution in [0.1, 0.15) is 44.5 Å². The molecule has 0 radical (unpaired) electrons. The Morgan fingerprint density at radius 2 is 1.81 bits per heavy atom. The number of aliphatic hydroxyl groups is 1. The first-order valence-corrected chi connectivity index (χ1v) is 11.2. The molecule has 1 amide bonds. The molecule has 0 spiro atoms. The van der Waals surface area contributed by atoms with Crippen LogP contribution < -0.4 is 4.74 Å². The van der Waals surface area contributed by atoms with Crippen molar-refractivity contribution in [3.8, 4) is 5.75 Å². The van der Waals surface area contributed by atoms with Crippen LogP contribution in [0.15, 0.2) is 65.9 Å². The van der Waals surface area contributed by atoms with E-state index in [-0.39, 0.29) is 17.9 Å². The van der Waals surface area contributed by atoms with Crippen LogP contribution in [0.25, 0.3) is 0 Å². The Labute approximate surface area is 190 Å². The largest absolute Gasteiger partial charge is 0.503 e. The highest BCUT2D eigenvalue weighted by atomic mass is 32.1. The number of ether oxygens (including phenoxy) is 1. The number of carbonyl (C=O) groups is 2. The van der Waals surface area contributed by atoms with Gasteiger partial charge in [0.2, 0.25) is 5.78 Å². The van der Waals surface area contributed by atoms with Gasteiger partial charge in [0.05, 0.1) is 33.8 Å². The first-order chi connectivity index (χ1) is 15.4. The monoisotopic (exact) mass is 448 g/mol. The maximum absolute atomic E-state index is 13.5. The van der Waals surface area contributed by atoms with E-state index in [2.05, 4.69) is 4.98 Å². The van der Waals surface area contributed by atoms with Crippen molar-refractivity contribution in [1.82, 2.24) is 9.88 Å². The normalized spacial score (nSPS) is 16.0. The third kappa shape index (κ3) is 4.03. The summed E-state index contributed by atoms with van der Waals surface area (Å²) in [5.41, 5.74) is 2.31. The minimum Gasteiger partial charge on any atom is -0.503 e. The van der Waals surface area contributed by atoms with Crippen molar-refractivity contribution in [1.29, 1.82) is 0 Å². The van der Waals surface area contributed by atoms with Gasteiger partial charge < -0.3 is 14.7 Å². The van der Waals surface area contributed by atoms with Gasteiger partial charge in [-0.3, -0.25) is 9.59 Å². The minimum absolute atomic E-state index is 0.0850. The van der Waals surface area contributed by atoms with Gasteiger partial charge in [0.1, 0.15) is 5.75 Å². The highest BCUT2D eigenvalue weighted by Crippen LogP contribution is 2.41. The summed E-state index contributed by atoms with van der Waals surface area (Å²) in [7, 11) is 0. The van der Waals surface area contributed by atoms with Crippen LogP contribution in [0.4, 0.5) is 0 Å². The van der Waals surface area contributed by atoms with Gasteiger partial charge >= 0.3 is 0 Å². The van der Waals surface area contributed by atoms with E-state index in [0.717, 1.165) is 16.1 Å². The van der Waals surface area contributed by atoms with Crippen LogP contribution in [-0.4, -0.2) is 33.3 Å². The lowest BCUT2D eigenvalue weighted by molar-refractivity contribution is -0.130. The van der Waals surface area contributed by atoms with E-state index in [1.165, 1.54) is 16.2 Å². The highest BCUT2D eigenvalue weighted by Gasteiger charge is 2.44. The van der Waals surface area contributed by atoms with Crippen molar-refractivity contribution in [2.75, 3.05) is 6.61 Å². The number of aromatic nitrogens is 1. The molecule has 1 aromatic heterocycles. The summed E-state index contributed by atoms with van der Waals surface area (Å²) in [6.07, 6.45) is 0. The molecule has 4 rings (SSSR count). The summed E-state index contributed by atoms with van der Waals surface area (Å²) in [6.45, 7) is 6.30. The lowest BCUT2D eigenvalue weighted by atomic mass is 9.94. The zero-order chi connectivity index (χ0) is 22.8. The molecule has 32 heavy (non-hydrogen) atoms. The van der Waals surface area contributed by atoms with E-state index in [4.69, 9.17) is 4.74 Å². The van der Waals surface area contributed by atoms with Crippen LogP contribution in [0.5, 0.6) is 5.75 Å². The number of aliphatic hydroxyl groups excluding tert-OH is 1. The van der Waals surface area contributed by atoms with Crippen molar-refractivity contribution in [3.63, 3.8) is 0 Å². The van der Waals surface area contributed by atoms with Crippen LogP contribution in [-0.2, 0) is 11.3 Å². The molecule has 164 valence electrons. The predicted octanol–water partition coefficient (Wildman–Crippen LogP) is 4.94. The number of thiazole rings is 1. The Morgan fingerprint density at radius 1 is 1.12 bits per heavy atom. The van der Waals surface area contributed by atoms with Gasteiger partial charge in [0, 0.05) is 6.54 Å². The molecule has 1 aliphatic heterocycles. The van der Waals surface area contributed by atoms with Crippen molar-refractivity contribution >= 4 is 23.0 Å². The topological polar surface area (TPSA) is 79.7 Å². The zero-order valence-electron chi connectivity index (χ0n) is 18.2. The maximum atomic E-state index is 13.5. The van der Waals surface area contributed by atoms with Crippen molar-refractivity contribution in [2.45, 2.75) is 33.4 Å². The molecule has 1 atom stereocenters. The first-order valence-electron chi connectivity index (χ1n) is 10.4. The summed E-state index contributed by atoms with van der Waals surface area (Å²) in [4.78, 5) is 33.0. The maximum Gasteiger partial charge on any atom is 0.290 e. The fourth-order valence-electron chi connectivity index (χ4n) is 3.95. The van der Waals surface area contributed by atoms with Gasteiger partial charge in [0.15, 0.2) is 5.76 Å². The first kappa shape index (κ1) is 21.8. The smallest absolute Gasteiger partial charge is 0.290 e. The van der Waals surface area contributed by atoms with Gasteiger partial charge in [-0.2, -0.15) is 0 Å². The number of aryl methyl sites for hydroxylation is 2. The van der Waals surface area contributed by atoms with E-state index >= 15 is 0 Å². The number of amides is 1. The lowest BCUT2D eigenvalue weighted by Crippen LogP contribution is -2.30. The second-order valence-corrected chi connectivity index (χ2v) is 8.77. The molecule has 7 heteroatoms. The lowest BCUT2D eigenvalue weighted by Gasteiger charge is -2.27. The summed E-state index contributed by atoms with van der Waals surface area (Å²) in [6, 6.07) is 16.1. The standard InChI is InChI=1S/C25H24N2O4S/c1-4-31-19-12-10-18(11-13-19)21-20(22(28)24-15(2)26-16(3)32-24)23(29)25(30)27(21)14-17-8-6-5-7-9-17/h5-13,21,29H,4,14H2,1-3H3. The van der Waals surface area contributed by atoms with Gasteiger partial charge in [-0.1, -0.05) is 42.5 Å². The van der Waals surface area contributed by atoms with Crippen LogP contribution >= 0.6 is 11.3 Å². The molecule has 0 saturated carbocycles. The van der Waals surface area contributed by atoms with Crippen molar-refractivity contribution in [3.05, 3.63) is 92.6 Å². The zero-order valence-corrected chi connectivity index (χ0v) is 19.0. The van der Waals surface area contributed by atoms with Gasteiger partial charge in [0.25, 0.3) is 5.91 Å². The van der Waals surface area contributed by atoms with Gasteiger partial charge in [-0.15, -0.1) is 11.3 Å². The molecule has 0 bridgehead atoms. The molecule has 0 saturated heterocycles. The molecule has 3 aromatic rings. The molecule has 2 heterocycles. The van der Waals surface area contributed by atoms with Gasteiger partial charge in [-0.05, 0) is 44.0 Å². The predicted molar refractivity (Wildman–Crippen MR) is 123 cm³/mol. The molecule has 6 nitrogen and oxygen atoms in total. The van der Waals surface area contributed by atoms with Crippen LogP contribution in [0.2, 0.25) is 0 Å². The second-order valence-electron chi connectivity index (χ2n) is 7.56. The van der Waals surface area contributed by atoms with E-state index in [9.17, 15) is 14.7 Å². The Bertz CT molecular complexity index is 1180. The number of rotatable bonds is 7. The Morgan fingerprint density at radius 3 is 2.41 bits per heavy atom. The van der Waals surface area contributed by atoms with E-state index < -0.39 is 17.7 Å². The van der Waals surface area contributed by atoms with Gasteiger partial charge in [-0.25, -0.2) is 4.98 Å². The average molecular weight is 449 g/mol. The number of hydrogen-bond acceptors (Lipinski definition) is 6. The Hall–Kier alpha value is -3.45. The summed E-state index contributed by atoms with van der Waals surface area (Å²) in [5, 5.41) is 11.6. The van der Waals surface area contributed by atoms with E-state index in [0.29, 0.717) is 22.9 Å². The third-order valence-corrected chi connectivity index (χ3v) is 6.43. The molecule has 1 N–H and O–H groups in total. The third-order valence-electron chi connectivity index (χ3n) is 5.36. The fourth-order valence-corrected chi connectivity index (χ4v) is 4.83. The molecule has 1 unspecified atom stereocenters. The summed E-state index contributed by atoms with van der Waals surface area (Å²) >= 11 is 1.27. The molecular weight excluding hydrogens is 424 g/mol. The van der Waals surface area contributed by atoms with Crippen molar-refractivity contribution in [2.24, 2.45) is 0 Å². The molecular formula is C25H24N2O4S. The quantitative estimate of drug-likeness (QED) is 0.518. The number of ketones is 1. The number of carbonyl (C=O) groups excluding carboxylic acids is 2. The molecule has 0 fully saturated rings. The molecule has 1 aliphatic rings. The average Bonchev–Trinajstić information content (AvgIpc) is 3.25. The Balaban J connectivity index is 1.79. The fraction of sp³-hybridized carbons (Fsp3) is 0.240. The van der Waals surface area contributed by atoms with E-state index in [1.54, 1.807) is 6.92 Å². The van der Waals surface area contributed by atoms with Crippen molar-refractivity contribution < 1.29 is 19.4 Å². The second kappa shape index (κ2) is 8.96. The van der Waals surface area contributed by atoms with Crippen LogP contribution in [0, 0.1) is 13.8 Å². The number of nitrogens with zero attached hydrogens (tertiary/aromatic N) is 2. The molecule has 2 aromatic carbocycles. The highest BCUT2D eigenvalue weighted by molar-refractivity contribution is 7.14.